The molecule has 0 radical (unpaired) electrons. The first-order chi connectivity index (χ1) is 14.1. The van der Waals surface area contributed by atoms with Crippen molar-refractivity contribution in [3.8, 4) is 23.0 Å². The normalized spacial score (nSPS) is 13.3. The second-order valence-electron chi connectivity index (χ2n) is 6.39. The Hall–Kier alpha value is -2.40. The van der Waals surface area contributed by atoms with Gasteiger partial charge < -0.3 is 34.7 Å². The fourth-order valence-corrected chi connectivity index (χ4v) is 2.95. The fourth-order valence-electron chi connectivity index (χ4n) is 2.95. The van der Waals surface area contributed by atoms with Gasteiger partial charge in [-0.3, -0.25) is 0 Å². The molecule has 0 saturated carbocycles. The third-order valence-electron chi connectivity index (χ3n) is 4.46. The van der Waals surface area contributed by atoms with Gasteiger partial charge in [-0.2, -0.15) is 0 Å². The van der Waals surface area contributed by atoms with Crippen LogP contribution in [0.15, 0.2) is 41.4 Å². The third-order valence-corrected chi connectivity index (χ3v) is 4.46. The minimum Gasteiger partial charge on any atom is -0.497 e. The van der Waals surface area contributed by atoms with Gasteiger partial charge in [-0.15, -0.1) is 24.0 Å². The Morgan fingerprint density at radius 2 is 1.90 bits per heavy atom. The van der Waals surface area contributed by atoms with Gasteiger partial charge in [0.25, 0.3) is 0 Å². The van der Waals surface area contributed by atoms with E-state index in [4.69, 9.17) is 18.9 Å². The zero-order valence-corrected chi connectivity index (χ0v) is 19.6. The summed E-state index contributed by atoms with van der Waals surface area (Å²) in [6.45, 7) is 3.66. The number of methoxy groups -OCH3 is 2. The SMILES string of the molecule is CCNC(=NCc1ccc2c(c1)OCO2)NCC(O)c1cc(OC)ccc1OC.I. The highest BCUT2D eigenvalue weighted by Crippen LogP contribution is 2.32. The summed E-state index contributed by atoms with van der Waals surface area (Å²) in [4.78, 5) is 4.58. The lowest BCUT2D eigenvalue weighted by atomic mass is 10.1. The van der Waals surface area contributed by atoms with Gasteiger partial charge in [0.15, 0.2) is 17.5 Å². The minimum atomic E-state index is -0.797. The number of aliphatic hydroxyl groups is 1. The highest BCUT2D eigenvalue weighted by Gasteiger charge is 2.16. The first kappa shape index (κ1) is 23.9. The average Bonchev–Trinajstić information content (AvgIpc) is 3.22. The number of rotatable bonds is 8. The summed E-state index contributed by atoms with van der Waals surface area (Å²) in [5.74, 6) is 3.34. The summed E-state index contributed by atoms with van der Waals surface area (Å²) < 4.78 is 21.3. The predicted molar refractivity (Wildman–Crippen MR) is 125 cm³/mol. The number of guanidine groups is 1. The Bertz CT molecular complexity index is 863. The van der Waals surface area contributed by atoms with E-state index in [9.17, 15) is 5.11 Å². The van der Waals surface area contributed by atoms with Gasteiger partial charge in [0.1, 0.15) is 11.5 Å². The number of nitrogens with zero attached hydrogens (tertiary/aromatic N) is 1. The number of hydrogen-bond acceptors (Lipinski definition) is 6. The van der Waals surface area contributed by atoms with Gasteiger partial charge in [-0.1, -0.05) is 6.07 Å². The van der Waals surface area contributed by atoms with Crippen LogP contribution in [0, 0.1) is 0 Å². The minimum absolute atomic E-state index is 0. The van der Waals surface area contributed by atoms with Gasteiger partial charge in [0.2, 0.25) is 6.79 Å². The molecule has 2 aromatic carbocycles. The van der Waals surface area contributed by atoms with Crippen molar-refractivity contribution in [2.24, 2.45) is 4.99 Å². The van der Waals surface area contributed by atoms with Crippen LogP contribution in [0.2, 0.25) is 0 Å². The van der Waals surface area contributed by atoms with Crippen molar-refractivity contribution in [3.63, 3.8) is 0 Å². The summed E-state index contributed by atoms with van der Waals surface area (Å²) in [6.07, 6.45) is -0.797. The second-order valence-corrected chi connectivity index (χ2v) is 6.39. The number of halogens is 1. The molecule has 164 valence electrons. The summed E-state index contributed by atoms with van der Waals surface area (Å²) in [6, 6.07) is 11.1. The number of hydrogen-bond donors (Lipinski definition) is 3. The van der Waals surface area contributed by atoms with Crippen molar-refractivity contribution in [1.29, 1.82) is 0 Å². The van der Waals surface area contributed by atoms with Crippen molar-refractivity contribution in [2.75, 3.05) is 34.1 Å². The topological polar surface area (TPSA) is 93.6 Å². The van der Waals surface area contributed by atoms with E-state index >= 15 is 0 Å². The van der Waals surface area contributed by atoms with Crippen LogP contribution in [0.1, 0.15) is 24.2 Å². The van der Waals surface area contributed by atoms with Crippen LogP contribution in [0.5, 0.6) is 23.0 Å². The van der Waals surface area contributed by atoms with Crippen molar-refractivity contribution in [3.05, 3.63) is 47.5 Å². The van der Waals surface area contributed by atoms with Crippen LogP contribution < -0.4 is 29.6 Å². The van der Waals surface area contributed by atoms with Crippen molar-refractivity contribution < 1.29 is 24.1 Å². The van der Waals surface area contributed by atoms with E-state index in [2.05, 4.69) is 15.6 Å². The van der Waals surface area contributed by atoms with Gasteiger partial charge in [0.05, 0.1) is 26.9 Å². The Labute approximate surface area is 193 Å². The lowest BCUT2D eigenvalue weighted by Gasteiger charge is -2.18. The summed E-state index contributed by atoms with van der Waals surface area (Å²) in [5.41, 5.74) is 1.65. The van der Waals surface area contributed by atoms with E-state index in [-0.39, 0.29) is 37.3 Å². The Balaban J connectivity index is 0.00000320. The highest BCUT2D eigenvalue weighted by molar-refractivity contribution is 14.0. The number of fused-ring (bicyclic) bond motifs is 1. The quantitative estimate of drug-likeness (QED) is 0.275. The molecule has 1 atom stereocenters. The molecule has 0 bridgehead atoms. The Morgan fingerprint density at radius 3 is 2.63 bits per heavy atom. The molecular weight excluding hydrogens is 501 g/mol. The molecule has 1 aliphatic rings. The molecule has 1 unspecified atom stereocenters. The molecule has 30 heavy (non-hydrogen) atoms. The van der Waals surface area contributed by atoms with Crippen molar-refractivity contribution in [1.82, 2.24) is 10.6 Å². The van der Waals surface area contributed by atoms with Gasteiger partial charge in [-0.25, -0.2) is 4.99 Å². The molecule has 9 heteroatoms. The van der Waals surface area contributed by atoms with E-state index in [1.807, 2.05) is 25.1 Å². The molecule has 3 N–H and O–H groups in total. The molecule has 0 spiro atoms. The number of aliphatic imine (C=N–C) groups is 1. The zero-order chi connectivity index (χ0) is 20.6. The molecule has 8 nitrogen and oxygen atoms in total. The molecule has 0 aromatic heterocycles. The Kier molecular flexibility index (Phi) is 9.31. The van der Waals surface area contributed by atoms with E-state index in [0.29, 0.717) is 36.1 Å². The summed E-state index contributed by atoms with van der Waals surface area (Å²) in [7, 11) is 3.16. The largest absolute Gasteiger partial charge is 0.497 e. The molecule has 0 saturated heterocycles. The lowest BCUT2D eigenvalue weighted by Crippen LogP contribution is -2.39. The molecule has 0 fully saturated rings. The maximum absolute atomic E-state index is 10.6. The molecule has 2 aromatic rings. The maximum Gasteiger partial charge on any atom is 0.231 e. The molecule has 1 heterocycles. The molecule has 1 aliphatic heterocycles. The number of aliphatic hydroxyl groups excluding tert-OH is 1. The van der Waals surface area contributed by atoms with E-state index in [1.165, 1.54) is 0 Å². The van der Waals surface area contributed by atoms with E-state index in [0.717, 1.165) is 17.1 Å². The van der Waals surface area contributed by atoms with Gasteiger partial charge >= 0.3 is 0 Å². The van der Waals surface area contributed by atoms with Crippen LogP contribution >= 0.6 is 24.0 Å². The highest BCUT2D eigenvalue weighted by atomic mass is 127. The van der Waals surface area contributed by atoms with Crippen LogP contribution in [-0.4, -0.2) is 45.2 Å². The number of nitrogens with one attached hydrogen (secondary N) is 2. The monoisotopic (exact) mass is 529 g/mol. The number of ether oxygens (including phenoxy) is 4. The lowest BCUT2D eigenvalue weighted by molar-refractivity contribution is 0.174. The number of benzene rings is 2. The standard InChI is InChI=1S/C21H27N3O5.HI/c1-4-22-21(23-11-14-5-7-19-20(9-14)29-13-28-19)24-12-17(25)16-10-15(26-2)6-8-18(16)27-3;/h5-10,17,25H,4,11-13H2,1-3H3,(H2,22,23,24);1H. The second kappa shape index (κ2) is 11.7. The van der Waals surface area contributed by atoms with Crippen LogP contribution in [-0.2, 0) is 6.54 Å². The maximum atomic E-state index is 10.6. The van der Waals surface area contributed by atoms with Crippen molar-refractivity contribution >= 4 is 29.9 Å². The first-order valence-electron chi connectivity index (χ1n) is 9.45. The van der Waals surface area contributed by atoms with Crippen molar-refractivity contribution in [2.45, 2.75) is 19.6 Å². The fraction of sp³-hybridized carbons (Fsp3) is 0.381. The van der Waals surface area contributed by atoms with Crippen LogP contribution in [0.25, 0.3) is 0 Å². The molecule has 0 amide bonds. The zero-order valence-electron chi connectivity index (χ0n) is 17.3. The Morgan fingerprint density at radius 1 is 1.10 bits per heavy atom. The van der Waals surface area contributed by atoms with E-state index in [1.54, 1.807) is 32.4 Å². The molecule has 0 aliphatic carbocycles. The van der Waals surface area contributed by atoms with Gasteiger partial charge in [0, 0.05) is 18.7 Å². The average molecular weight is 529 g/mol. The first-order valence-corrected chi connectivity index (χ1v) is 9.45. The van der Waals surface area contributed by atoms with Crippen LogP contribution in [0.4, 0.5) is 0 Å². The van der Waals surface area contributed by atoms with Gasteiger partial charge in [-0.05, 0) is 42.8 Å². The van der Waals surface area contributed by atoms with Crippen LogP contribution in [0.3, 0.4) is 0 Å². The third kappa shape index (κ3) is 6.05. The molecular formula is C21H28IN3O5. The molecule has 3 rings (SSSR count). The summed E-state index contributed by atoms with van der Waals surface area (Å²) >= 11 is 0. The smallest absolute Gasteiger partial charge is 0.231 e. The summed E-state index contributed by atoms with van der Waals surface area (Å²) in [5, 5.41) is 17.0. The van der Waals surface area contributed by atoms with E-state index < -0.39 is 6.10 Å². The predicted octanol–water partition coefficient (Wildman–Crippen LogP) is 2.84.